The zero-order chi connectivity index (χ0) is 14.5. The van der Waals surface area contributed by atoms with Crippen LogP contribution in [0, 0.1) is 12.7 Å². The van der Waals surface area contributed by atoms with E-state index in [4.69, 9.17) is 0 Å². The summed E-state index contributed by atoms with van der Waals surface area (Å²) in [5, 5.41) is 12.2. The standard InChI is InChI=1S/C16H16FNO2/c1-11-7-8-14(17)13(9-11)15(16(19)20)18-10-12-5-3-2-4-6-12/h2-9,15,18H,10H2,1H3,(H,19,20). The Kier molecular flexibility index (Phi) is 4.48. The molecule has 1 atom stereocenters. The van der Waals surface area contributed by atoms with Gasteiger partial charge in [0.15, 0.2) is 0 Å². The lowest BCUT2D eigenvalue weighted by molar-refractivity contribution is -0.139. The first-order chi connectivity index (χ1) is 9.58. The maximum absolute atomic E-state index is 13.8. The van der Waals surface area contributed by atoms with Crippen LogP contribution in [-0.2, 0) is 11.3 Å². The molecule has 0 aliphatic carbocycles. The highest BCUT2D eigenvalue weighted by atomic mass is 19.1. The zero-order valence-corrected chi connectivity index (χ0v) is 11.1. The van der Waals surface area contributed by atoms with Crippen LogP contribution in [0.25, 0.3) is 0 Å². The average Bonchev–Trinajstić information content (AvgIpc) is 2.43. The maximum atomic E-state index is 13.8. The second kappa shape index (κ2) is 6.30. The molecule has 0 aliphatic heterocycles. The number of aryl methyl sites for hydroxylation is 1. The first kappa shape index (κ1) is 14.2. The van der Waals surface area contributed by atoms with Gasteiger partial charge in [-0.2, -0.15) is 0 Å². The zero-order valence-electron chi connectivity index (χ0n) is 11.1. The molecule has 0 heterocycles. The third-order valence-corrected chi connectivity index (χ3v) is 3.06. The van der Waals surface area contributed by atoms with Gasteiger partial charge in [-0.15, -0.1) is 0 Å². The van der Waals surface area contributed by atoms with Crippen molar-refractivity contribution in [2.75, 3.05) is 0 Å². The van der Waals surface area contributed by atoms with E-state index in [9.17, 15) is 14.3 Å². The quantitative estimate of drug-likeness (QED) is 0.880. The first-order valence-corrected chi connectivity index (χ1v) is 6.34. The van der Waals surface area contributed by atoms with Crippen molar-refractivity contribution in [1.29, 1.82) is 0 Å². The predicted octanol–water partition coefficient (Wildman–Crippen LogP) is 3.05. The Labute approximate surface area is 117 Å². The number of hydrogen-bond donors (Lipinski definition) is 2. The molecule has 2 rings (SSSR count). The molecule has 104 valence electrons. The molecule has 0 amide bonds. The van der Waals surface area contributed by atoms with Gasteiger partial charge >= 0.3 is 5.97 Å². The molecular weight excluding hydrogens is 257 g/mol. The van der Waals surface area contributed by atoms with Crippen molar-refractivity contribution in [3.05, 3.63) is 71.0 Å². The van der Waals surface area contributed by atoms with Crippen molar-refractivity contribution in [2.24, 2.45) is 0 Å². The largest absolute Gasteiger partial charge is 0.480 e. The highest BCUT2D eigenvalue weighted by Gasteiger charge is 2.22. The Hall–Kier alpha value is -2.20. The molecule has 0 aromatic heterocycles. The smallest absolute Gasteiger partial charge is 0.325 e. The van der Waals surface area contributed by atoms with Gasteiger partial charge in [0.25, 0.3) is 0 Å². The molecule has 0 aliphatic rings. The van der Waals surface area contributed by atoms with E-state index in [1.807, 2.05) is 30.3 Å². The monoisotopic (exact) mass is 273 g/mol. The van der Waals surface area contributed by atoms with E-state index in [0.717, 1.165) is 11.1 Å². The van der Waals surface area contributed by atoms with Crippen LogP contribution in [0.4, 0.5) is 4.39 Å². The summed E-state index contributed by atoms with van der Waals surface area (Å²) in [6, 6.07) is 12.8. The summed E-state index contributed by atoms with van der Waals surface area (Å²) in [6.45, 7) is 2.17. The van der Waals surface area contributed by atoms with E-state index in [2.05, 4.69) is 5.32 Å². The first-order valence-electron chi connectivity index (χ1n) is 6.34. The minimum atomic E-state index is -1.09. The second-order valence-electron chi connectivity index (χ2n) is 4.66. The molecule has 2 N–H and O–H groups in total. The molecule has 0 spiro atoms. The Bertz CT molecular complexity index is 599. The lowest BCUT2D eigenvalue weighted by Crippen LogP contribution is -2.29. The van der Waals surface area contributed by atoms with Crippen molar-refractivity contribution >= 4 is 5.97 Å². The second-order valence-corrected chi connectivity index (χ2v) is 4.66. The summed E-state index contributed by atoms with van der Waals surface area (Å²) in [5.41, 5.74) is 1.94. The van der Waals surface area contributed by atoms with E-state index in [-0.39, 0.29) is 5.56 Å². The topological polar surface area (TPSA) is 49.3 Å². The van der Waals surface area contributed by atoms with Crippen LogP contribution in [0.3, 0.4) is 0 Å². The molecule has 0 fully saturated rings. The van der Waals surface area contributed by atoms with Gasteiger partial charge in [-0.1, -0.05) is 48.0 Å². The molecule has 0 radical (unpaired) electrons. The summed E-state index contributed by atoms with van der Waals surface area (Å²) in [5.74, 6) is -1.60. The van der Waals surface area contributed by atoms with Crippen molar-refractivity contribution in [2.45, 2.75) is 19.5 Å². The molecule has 0 saturated carbocycles. The number of nitrogens with one attached hydrogen (secondary N) is 1. The Morgan fingerprint density at radius 1 is 1.25 bits per heavy atom. The van der Waals surface area contributed by atoms with Gasteiger partial charge in [0.05, 0.1) is 0 Å². The summed E-state index contributed by atoms with van der Waals surface area (Å²) < 4.78 is 13.8. The van der Waals surface area contributed by atoms with Crippen LogP contribution in [0.2, 0.25) is 0 Å². The highest BCUT2D eigenvalue weighted by molar-refractivity contribution is 5.75. The lowest BCUT2D eigenvalue weighted by atomic mass is 10.0. The number of aliphatic carboxylic acids is 1. The van der Waals surface area contributed by atoms with Gasteiger partial charge in [-0.05, 0) is 18.6 Å². The minimum absolute atomic E-state index is 0.161. The van der Waals surface area contributed by atoms with Crippen molar-refractivity contribution in [3.8, 4) is 0 Å². The van der Waals surface area contributed by atoms with E-state index in [1.165, 1.54) is 6.07 Å². The van der Waals surface area contributed by atoms with Crippen LogP contribution < -0.4 is 5.32 Å². The number of carboxylic acid groups (broad SMARTS) is 1. The molecule has 4 heteroatoms. The SMILES string of the molecule is Cc1ccc(F)c(C(NCc2ccccc2)C(=O)O)c1. The number of benzene rings is 2. The Morgan fingerprint density at radius 3 is 2.60 bits per heavy atom. The molecule has 2 aromatic carbocycles. The molecular formula is C16H16FNO2. The summed E-state index contributed by atoms with van der Waals surface area (Å²) >= 11 is 0. The summed E-state index contributed by atoms with van der Waals surface area (Å²) in [6.07, 6.45) is 0. The van der Waals surface area contributed by atoms with Crippen LogP contribution in [0.1, 0.15) is 22.7 Å². The number of carboxylic acids is 1. The fourth-order valence-electron chi connectivity index (χ4n) is 2.03. The van der Waals surface area contributed by atoms with Crippen LogP contribution in [-0.4, -0.2) is 11.1 Å². The third-order valence-electron chi connectivity index (χ3n) is 3.06. The Morgan fingerprint density at radius 2 is 1.95 bits per heavy atom. The maximum Gasteiger partial charge on any atom is 0.325 e. The van der Waals surface area contributed by atoms with E-state index < -0.39 is 17.8 Å². The number of carbonyl (C=O) groups is 1. The number of halogens is 1. The van der Waals surface area contributed by atoms with Crippen LogP contribution >= 0.6 is 0 Å². The third kappa shape index (κ3) is 3.42. The fourth-order valence-corrected chi connectivity index (χ4v) is 2.03. The Balaban J connectivity index is 2.19. The lowest BCUT2D eigenvalue weighted by Gasteiger charge is -2.16. The van der Waals surface area contributed by atoms with Crippen molar-refractivity contribution in [3.63, 3.8) is 0 Å². The van der Waals surface area contributed by atoms with Crippen molar-refractivity contribution in [1.82, 2.24) is 5.32 Å². The highest BCUT2D eigenvalue weighted by Crippen LogP contribution is 2.19. The van der Waals surface area contributed by atoms with Gasteiger partial charge < -0.3 is 5.11 Å². The van der Waals surface area contributed by atoms with E-state index in [0.29, 0.717) is 6.54 Å². The molecule has 20 heavy (non-hydrogen) atoms. The van der Waals surface area contributed by atoms with Crippen LogP contribution in [0.15, 0.2) is 48.5 Å². The molecule has 0 saturated heterocycles. The van der Waals surface area contributed by atoms with Gasteiger partial charge in [-0.3, -0.25) is 10.1 Å². The molecule has 2 aromatic rings. The predicted molar refractivity (Wildman–Crippen MR) is 74.8 cm³/mol. The van der Waals surface area contributed by atoms with E-state index in [1.54, 1.807) is 19.1 Å². The number of hydrogen-bond acceptors (Lipinski definition) is 2. The van der Waals surface area contributed by atoms with Gasteiger partial charge in [0.1, 0.15) is 11.9 Å². The van der Waals surface area contributed by atoms with Crippen molar-refractivity contribution < 1.29 is 14.3 Å². The van der Waals surface area contributed by atoms with Gasteiger partial charge in [0.2, 0.25) is 0 Å². The summed E-state index contributed by atoms with van der Waals surface area (Å²) in [7, 11) is 0. The van der Waals surface area contributed by atoms with E-state index >= 15 is 0 Å². The molecule has 3 nitrogen and oxygen atoms in total. The van der Waals surface area contributed by atoms with Gasteiger partial charge in [0, 0.05) is 12.1 Å². The molecule has 0 bridgehead atoms. The van der Waals surface area contributed by atoms with Crippen LogP contribution in [0.5, 0.6) is 0 Å². The molecule has 1 unspecified atom stereocenters. The number of rotatable bonds is 5. The minimum Gasteiger partial charge on any atom is -0.480 e. The summed E-state index contributed by atoms with van der Waals surface area (Å²) in [4.78, 5) is 11.4. The average molecular weight is 273 g/mol. The normalized spacial score (nSPS) is 12.1. The van der Waals surface area contributed by atoms with Gasteiger partial charge in [-0.25, -0.2) is 4.39 Å². The fraction of sp³-hybridized carbons (Fsp3) is 0.188.